The Morgan fingerprint density at radius 3 is 3.18 bits per heavy atom. The Morgan fingerprint density at radius 2 is 2.47 bits per heavy atom. The number of halogens is 1. The van der Waals surface area contributed by atoms with Crippen molar-refractivity contribution in [3.8, 4) is 0 Å². The molecule has 1 aromatic heterocycles. The number of carbonyl (C=O) groups is 1. The van der Waals surface area contributed by atoms with E-state index in [2.05, 4.69) is 26.2 Å². The zero-order valence-electron chi connectivity index (χ0n) is 9.15. The van der Waals surface area contributed by atoms with E-state index in [1.807, 2.05) is 0 Å². The summed E-state index contributed by atoms with van der Waals surface area (Å²) in [7, 11) is 0. The predicted molar refractivity (Wildman–Crippen MR) is 65.6 cm³/mol. The molecule has 2 heterocycles. The van der Waals surface area contributed by atoms with Crippen molar-refractivity contribution in [3.63, 3.8) is 0 Å². The van der Waals surface area contributed by atoms with E-state index in [4.69, 9.17) is 10.5 Å². The van der Waals surface area contributed by atoms with Gasteiger partial charge in [0.15, 0.2) is 0 Å². The van der Waals surface area contributed by atoms with Crippen LogP contribution in [0, 0.1) is 5.92 Å². The number of rotatable bonds is 2. The average Bonchev–Trinajstić information content (AvgIpc) is 2.92. The molecule has 1 aromatic rings. The molecule has 4 unspecified atom stereocenters. The number of nitrogens with two attached hydrogens (primary N) is 1. The number of H-pyrrole nitrogens is 1. The largest absolute Gasteiger partial charge is 0.376 e. The summed E-state index contributed by atoms with van der Waals surface area (Å²) in [5, 5.41) is 2.93. The maximum atomic E-state index is 11.9. The van der Waals surface area contributed by atoms with Gasteiger partial charge in [0.05, 0.1) is 12.1 Å². The Balaban J connectivity index is 1.66. The van der Waals surface area contributed by atoms with Crippen LogP contribution in [0.4, 0.5) is 0 Å². The molecule has 17 heavy (non-hydrogen) atoms. The van der Waals surface area contributed by atoms with Gasteiger partial charge >= 0.3 is 0 Å². The summed E-state index contributed by atoms with van der Waals surface area (Å²) in [6, 6.07) is 1.70. The third-order valence-corrected chi connectivity index (χ3v) is 4.09. The molecule has 0 aromatic carbocycles. The number of aromatic nitrogens is 1. The summed E-state index contributed by atoms with van der Waals surface area (Å²) >= 11 is 3.29. The second kappa shape index (κ2) is 4.12. The minimum Gasteiger partial charge on any atom is -0.376 e. The highest BCUT2D eigenvalue weighted by Gasteiger charge is 2.52. The quantitative estimate of drug-likeness (QED) is 0.749. The average molecular weight is 300 g/mol. The van der Waals surface area contributed by atoms with Crippen molar-refractivity contribution >= 4 is 21.8 Å². The molecule has 0 radical (unpaired) electrons. The van der Waals surface area contributed by atoms with Crippen molar-refractivity contribution in [2.24, 2.45) is 11.7 Å². The first-order valence-electron chi connectivity index (χ1n) is 5.69. The fourth-order valence-electron chi connectivity index (χ4n) is 2.66. The van der Waals surface area contributed by atoms with Crippen molar-refractivity contribution in [2.75, 3.05) is 6.61 Å². The predicted octanol–water partition coefficient (Wildman–Crippen LogP) is 0.622. The van der Waals surface area contributed by atoms with Crippen molar-refractivity contribution in [2.45, 2.75) is 24.6 Å². The van der Waals surface area contributed by atoms with Crippen molar-refractivity contribution < 1.29 is 9.53 Å². The van der Waals surface area contributed by atoms with Crippen LogP contribution in [0.1, 0.15) is 16.9 Å². The Morgan fingerprint density at radius 1 is 1.65 bits per heavy atom. The smallest absolute Gasteiger partial charge is 0.268 e. The first kappa shape index (κ1) is 11.3. The molecule has 4 N–H and O–H groups in total. The van der Waals surface area contributed by atoms with Crippen molar-refractivity contribution in [3.05, 3.63) is 22.4 Å². The lowest BCUT2D eigenvalue weighted by Gasteiger charge is -2.45. The third kappa shape index (κ3) is 1.80. The van der Waals surface area contributed by atoms with Gasteiger partial charge in [-0.3, -0.25) is 4.79 Å². The third-order valence-electron chi connectivity index (χ3n) is 3.64. The summed E-state index contributed by atoms with van der Waals surface area (Å²) in [4.78, 5) is 14.8. The maximum absolute atomic E-state index is 11.9. The molecule has 3 rings (SSSR count). The summed E-state index contributed by atoms with van der Waals surface area (Å²) in [6.07, 6.45) is 2.84. The molecule has 0 bridgehead atoms. The fraction of sp³-hybridized carbons (Fsp3) is 0.545. The molecule has 5 nitrogen and oxygen atoms in total. The topological polar surface area (TPSA) is 80.1 Å². The van der Waals surface area contributed by atoms with Gasteiger partial charge in [-0.2, -0.15) is 0 Å². The molecule has 1 aliphatic carbocycles. The van der Waals surface area contributed by atoms with Gasteiger partial charge in [0.2, 0.25) is 0 Å². The standard InChI is InChI=1S/C11H14BrN3O2/c12-5-3-7(14-4-5)11(16)15-9-8(13)6-1-2-17-10(6)9/h3-4,6,8-10,14H,1-2,13H2,(H,15,16). The van der Waals surface area contributed by atoms with Gasteiger partial charge in [0, 0.05) is 29.2 Å². The molecule has 1 saturated carbocycles. The lowest BCUT2D eigenvalue weighted by atomic mass is 9.72. The van der Waals surface area contributed by atoms with E-state index in [9.17, 15) is 4.79 Å². The molecular formula is C11H14BrN3O2. The first-order chi connectivity index (χ1) is 8.16. The van der Waals surface area contributed by atoms with Gasteiger partial charge in [0.25, 0.3) is 5.91 Å². The van der Waals surface area contributed by atoms with Crippen LogP contribution in [-0.4, -0.2) is 35.7 Å². The highest BCUT2D eigenvalue weighted by atomic mass is 79.9. The number of amides is 1. The van der Waals surface area contributed by atoms with Crippen molar-refractivity contribution in [1.29, 1.82) is 0 Å². The zero-order chi connectivity index (χ0) is 12.0. The Hall–Kier alpha value is -0.850. The molecule has 1 aliphatic heterocycles. The van der Waals surface area contributed by atoms with Crippen LogP contribution in [0.5, 0.6) is 0 Å². The summed E-state index contributed by atoms with van der Waals surface area (Å²) < 4.78 is 6.42. The van der Waals surface area contributed by atoms with Crippen LogP contribution < -0.4 is 11.1 Å². The van der Waals surface area contributed by atoms with E-state index in [-0.39, 0.29) is 24.1 Å². The molecule has 1 saturated heterocycles. The number of fused-ring (bicyclic) bond motifs is 1. The van der Waals surface area contributed by atoms with E-state index in [1.54, 1.807) is 12.3 Å². The zero-order valence-corrected chi connectivity index (χ0v) is 10.7. The summed E-state index contributed by atoms with van der Waals surface area (Å²) in [5.74, 6) is 0.278. The van der Waals surface area contributed by atoms with E-state index in [1.165, 1.54) is 0 Å². The summed E-state index contributed by atoms with van der Waals surface area (Å²) in [5.41, 5.74) is 6.56. The Bertz CT molecular complexity index is 448. The van der Waals surface area contributed by atoms with E-state index in [0.29, 0.717) is 11.6 Å². The molecular weight excluding hydrogens is 286 g/mol. The molecule has 4 atom stereocenters. The van der Waals surface area contributed by atoms with E-state index < -0.39 is 0 Å². The van der Waals surface area contributed by atoms with E-state index >= 15 is 0 Å². The molecule has 6 heteroatoms. The number of nitrogens with one attached hydrogen (secondary N) is 2. The van der Waals surface area contributed by atoms with E-state index in [0.717, 1.165) is 17.5 Å². The van der Waals surface area contributed by atoms with Gasteiger partial charge in [0.1, 0.15) is 5.69 Å². The number of aromatic amines is 1. The normalized spacial score (nSPS) is 35.2. The minimum atomic E-state index is -0.134. The number of hydrogen-bond donors (Lipinski definition) is 3. The molecule has 2 fully saturated rings. The number of ether oxygens (including phenoxy) is 1. The number of carbonyl (C=O) groups excluding carboxylic acids is 1. The van der Waals surface area contributed by atoms with Gasteiger partial charge in [-0.15, -0.1) is 0 Å². The van der Waals surface area contributed by atoms with Crippen LogP contribution in [0.2, 0.25) is 0 Å². The van der Waals surface area contributed by atoms with Gasteiger partial charge in [-0.25, -0.2) is 0 Å². The van der Waals surface area contributed by atoms with Crippen LogP contribution in [0.15, 0.2) is 16.7 Å². The van der Waals surface area contributed by atoms with Gasteiger partial charge in [-0.1, -0.05) is 0 Å². The van der Waals surface area contributed by atoms with Crippen LogP contribution >= 0.6 is 15.9 Å². The molecule has 1 amide bonds. The summed E-state index contributed by atoms with van der Waals surface area (Å²) in [6.45, 7) is 0.753. The Labute approximate surface area is 107 Å². The second-order valence-corrected chi connectivity index (χ2v) is 5.51. The van der Waals surface area contributed by atoms with Crippen LogP contribution in [-0.2, 0) is 4.74 Å². The fourth-order valence-corrected chi connectivity index (χ4v) is 3.00. The number of hydrogen-bond acceptors (Lipinski definition) is 3. The maximum Gasteiger partial charge on any atom is 0.268 e. The highest BCUT2D eigenvalue weighted by Crippen LogP contribution is 2.37. The van der Waals surface area contributed by atoms with Crippen LogP contribution in [0.3, 0.4) is 0 Å². The molecule has 0 spiro atoms. The second-order valence-electron chi connectivity index (χ2n) is 4.60. The van der Waals surface area contributed by atoms with Crippen molar-refractivity contribution in [1.82, 2.24) is 10.3 Å². The van der Waals surface area contributed by atoms with Gasteiger partial charge in [-0.05, 0) is 28.4 Å². The SMILES string of the molecule is NC1C2CCOC2C1NC(=O)c1cc(Br)c[nH]1. The van der Waals surface area contributed by atoms with Gasteiger partial charge < -0.3 is 20.8 Å². The Kier molecular flexibility index (Phi) is 2.72. The monoisotopic (exact) mass is 299 g/mol. The molecule has 92 valence electrons. The minimum absolute atomic E-state index is 0.0184. The lowest BCUT2D eigenvalue weighted by molar-refractivity contribution is -0.0161. The highest BCUT2D eigenvalue weighted by molar-refractivity contribution is 9.10. The lowest BCUT2D eigenvalue weighted by Crippen LogP contribution is -2.68. The molecule has 2 aliphatic rings. The first-order valence-corrected chi connectivity index (χ1v) is 6.48. The van der Waals surface area contributed by atoms with Crippen LogP contribution in [0.25, 0.3) is 0 Å².